The van der Waals surface area contributed by atoms with E-state index in [2.05, 4.69) is 9.73 Å². The van der Waals surface area contributed by atoms with Crippen LogP contribution in [-0.2, 0) is 9.53 Å². The lowest BCUT2D eigenvalue weighted by Gasteiger charge is -1.93. The zero-order valence-corrected chi connectivity index (χ0v) is 6.57. The molecule has 0 amide bonds. The van der Waals surface area contributed by atoms with Gasteiger partial charge in [0.2, 0.25) is 0 Å². The van der Waals surface area contributed by atoms with Crippen LogP contribution >= 0.6 is 0 Å². The second-order valence-electron chi connectivity index (χ2n) is 2.50. The summed E-state index contributed by atoms with van der Waals surface area (Å²) in [4.78, 5) is 15.1. The number of aliphatic imine (C=N–C) groups is 1. The summed E-state index contributed by atoms with van der Waals surface area (Å²) < 4.78 is 4.53. The number of esters is 1. The first-order valence-electron chi connectivity index (χ1n) is 3.59. The molecule has 0 bridgehead atoms. The van der Waals surface area contributed by atoms with Gasteiger partial charge in [-0.2, -0.15) is 0 Å². The number of nitrogens with zero attached hydrogens (tertiary/aromatic N) is 1. The fourth-order valence-corrected chi connectivity index (χ4v) is 1.17. The van der Waals surface area contributed by atoms with Crippen molar-refractivity contribution in [3.63, 3.8) is 0 Å². The maximum atomic E-state index is 11.0. The number of rotatable bonds is 1. The van der Waals surface area contributed by atoms with Crippen molar-refractivity contribution in [2.45, 2.75) is 0 Å². The fourth-order valence-electron chi connectivity index (χ4n) is 1.17. The van der Waals surface area contributed by atoms with Gasteiger partial charge in [-0.15, -0.1) is 0 Å². The zero-order chi connectivity index (χ0) is 8.55. The Morgan fingerprint density at radius 1 is 1.58 bits per heavy atom. The molecule has 60 valence electrons. The summed E-state index contributed by atoms with van der Waals surface area (Å²) in [5.41, 5.74) is 2.20. The highest BCUT2D eigenvalue weighted by atomic mass is 16.5. The summed E-state index contributed by atoms with van der Waals surface area (Å²) in [5, 5.41) is 0. The first-order valence-corrected chi connectivity index (χ1v) is 3.59. The first kappa shape index (κ1) is 7.03. The molecular formula is C9H7NO2. The topological polar surface area (TPSA) is 38.7 Å². The van der Waals surface area contributed by atoms with Crippen LogP contribution in [-0.4, -0.2) is 18.8 Å². The molecule has 0 atom stereocenters. The molecule has 0 saturated carbocycles. The lowest BCUT2D eigenvalue weighted by molar-refractivity contribution is -0.136. The number of allylic oxidation sites excluding steroid dienone is 5. The van der Waals surface area contributed by atoms with Gasteiger partial charge in [-0.05, 0) is 12.2 Å². The molecule has 0 aromatic heterocycles. The average molecular weight is 161 g/mol. The van der Waals surface area contributed by atoms with Crippen LogP contribution < -0.4 is 0 Å². The van der Waals surface area contributed by atoms with Crippen molar-refractivity contribution in [2.75, 3.05) is 7.11 Å². The molecule has 3 heteroatoms. The molecule has 0 saturated heterocycles. The van der Waals surface area contributed by atoms with E-state index in [1.807, 2.05) is 18.2 Å². The highest BCUT2D eigenvalue weighted by Crippen LogP contribution is 2.21. The summed E-state index contributed by atoms with van der Waals surface area (Å²) in [7, 11) is 1.35. The fraction of sp³-hybridized carbons (Fsp3) is 0.111. The third-order valence-corrected chi connectivity index (χ3v) is 1.75. The Labute approximate surface area is 69.7 Å². The van der Waals surface area contributed by atoms with Crippen molar-refractivity contribution in [3.05, 3.63) is 35.6 Å². The van der Waals surface area contributed by atoms with Gasteiger partial charge in [0.15, 0.2) is 0 Å². The molecule has 0 aromatic carbocycles. The molecule has 0 N–H and O–H groups in total. The Kier molecular flexibility index (Phi) is 1.43. The third-order valence-electron chi connectivity index (χ3n) is 1.75. The predicted molar refractivity (Wildman–Crippen MR) is 44.8 cm³/mol. The van der Waals surface area contributed by atoms with Gasteiger partial charge in [0, 0.05) is 5.57 Å². The lowest BCUT2D eigenvalue weighted by atomic mass is 10.2. The minimum atomic E-state index is -0.383. The largest absolute Gasteiger partial charge is 0.464 e. The smallest absolute Gasteiger partial charge is 0.356 e. The van der Waals surface area contributed by atoms with Gasteiger partial charge in [0.05, 0.1) is 12.8 Å². The number of methoxy groups -OCH3 is 1. The maximum absolute atomic E-state index is 11.0. The van der Waals surface area contributed by atoms with E-state index in [1.54, 1.807) is 6.08 Å². The van der Waals surface area contributed by atoms with Crippen LogP contribution in [0.5, 0.6) is 0 Å². The second kappa shape index (κ2) is 2.44. The number of carbonyl (C=O) groups is 1. The van der Waals surface area contributed by atoms with Gasteiger partial charge in [-0.25, -0.2) is 9.79 Å². The van der Waals surface area contributed by atoms with Crippen LogP contribution in [0.1, 0.15) is 0 Å². The molecule has 0 fully saturated rings. The summed E-state index contributed by atoms with van der Waals surface area (Å²) in [6, 6.07) is 0. The summed E-state index contributed by atoms with van der Waals surface area (Å²) >= 11 is 0. The van der Waals surface area contributed by atoms with Gasteiger partial charge in [0.25, 0.3) is 0 Å². The number of fused-ring (bicyclic) bond motifs is 1. The molecular weight excluding hydrogens is 154 g/mol. The Morgan fingerprint density at radius 2 is 2.42 bits per heavy atom. The van der Waals surface area contributed by atoms with E-state index in [4.69, 9.17) is 0 Å². The van der Waals surface area contributed by atoms with E-state index in [0.29, 0.717) is 5.70 Å². The van der Waals surface area contributed by atoms with Crippen molar-refractivity contribution in [1.82, 2.24) is 0 Å². The van der Waals surface area contributed by atoms with Gasteiger partial charge in [-0.3, -0.25) is 0 Å². The minimum Gasteiger partial charge on any atom is -0.464 e. The Hall–Kier alpha value is -1.64. The van der Waals surface area contributed by atoms with Gasteiger partial charge < -0.3 is 4.74 Å². The summed E-state index contributed by atoms with van der Waals surface area (Å²) in [6.45, 7) is 0. The van der Waals surface area contributed by atoms with E-state index in [9.17, 15) is 4.79 Å². The van der Waals surface area contributed by atoms with E-state index >= 15 is 0 Å². The standard InChI is InChI=1S/C9H7NO2/c1-12-9(11)8-5-6-3-2-4-7(6)10-8/h2-5H,1H3. The van der Waals surface area contributed by atoms with Crippen LogP contribution in [0.3, 0.4) is 0 Å². The number of hydrogen-bond donors (Lipinski definition) is 0. The lowest BCUT2D eigenvalue weighted by Crippen LogP contribution is -2.00. The second-order valence-corrected chi connectivity index (χ2v) is 2.50. The average Bonchev–Trinajstić information content (AvgIpc) is 2.60. The molecule has 0 unspecified atom stereocenters. The van der Waals surface area contributed by atoms with Crippen molar-refractivity contribution in [3.8, 4) is 0 Å². The maximum Gasteiger partial charge on any atom is 0.356 e. The Bertz CT molecular complexity index is 359. The number of carbonyl (C=O) groups excluding carboxylic acids is 1. The van der Waals surface area contributed by atoms with Crippen molar-refractivity contribution in [2.24, 2.45) is 4.99 Å². The van der Waals surface area contributed by atoms with Crippen LogP contribution in [0.25, 0.3) is 0 Å². The predicted octanol–water partition coefficient (Wildman–Crippen LogP) is 0.994. The molecule has 3 nitrogen and oxygen atoms in total. The first-order chi connectivity index (χ1) is 5.81. The molecule has 0 aromatic rings. The quantitative estimate of drug-likeness (QED) is 0.538. The molecule has 0 spiro atoms. The van der Waals surface area contributed by atoms with Crippen LogP contribution in [0.2, 0.25) is 0 Å². The Balaban J connectivity index is 2.30. The van der Waals surface area contributed by atoms with Crippen molar-refractivity contribution < 1.29 is 9.53 Å². The molecule has 1 heterocycles. The highest BCUT2D eigenvalue weighted by molar-refractivity contribution is 6.18. The normalized spacial score (nSPS) is 18.2. The van der Waals surface area contributed by atoms with Gasteiger partial charge in [0.1, 0.15) is 5.70 Å². The van der Waals surface area contributed by atoms with E-state index < -0.39 is 0 Å². The van der Waals surface area contributed by atoms with Crippen molar-refractivity contribution in [1.29, 1.82) is 0 Å². The van der Waals surface area contributed by atoms with Crippen LogP contribution in [0.15, 0.2) is 40.6 Å². The van der Waals surface area contributed by atoms with Crippen molar-refractivity contribution >= 4 is 11.7 Å². The number of ether oxygens (including phenoxy) is 1. The van der Waals surface area contributed by atoms with Gasteiger partial charge >= 0.3 is 5.97 Å². The summed E-state index contributed by atoms with van der Waals surface area (Å²) in [5.74, 6) is -0.383. The van der Waals surface area contributed by atoms with Crippen LogP contribution in [0.4, 0.5) is 0 Å². The zero-order valence-electron chi connectivity index (χ0n) is 6.57. The Morgan fingerprint density at radius 3 is 3.08 bits per heavy atom. The monoisotopic (exact) mass is 161 g/mol. The number of hydrogen-bond acceptors (Lipinski definition) is 3. The molecule has 2 aliphatic rings. The molecule has 0 radical (unpaired) electrons. The van der Waals surface area contributed by atoms with Crippen LogP contribution in [0, 0.1) is 0 Å². The van der Waals surface area contributed by atoms with E-state index in [-0.39, 0.29) is 5.97 Å². The third kappa shape index (κ3) is 0.906. The SMILES string of the molecule is COC(=O)C1=CC2=CC=CC2=N1. The summed E-state index contributed by atoms with van der Waals surface area (Å²) in [6.07, 6.45) is 7.40. The molecule has 1 aliphatic carbocycles. The van der Waals surface area contributed by atoms with E-state index in [0.717, 1.165) is 11.3 Å². The molecule has 2 rings (SSSR count). The highest BCUT2D eigenvalue weighted by Gasteiger charge is 2.19. The van der Waals surface area contributed by atoms with Gasteiger partial charge in [-0.1, -0.05) is 12.2 Å². The minimum absolute atomic E-state index is 0.378. The molecule has 12 heavy (non-hydrogen) atoms. The molecule has 1 aliphatic heterocycles. The van der Waals surface area contributed by atoms with E-state index in [1.165, 1.54) is 7.11 Å².